The molecule has 1 aromatic heterocycles. The zero-order valence-corrected chi connectivity index (χ0v) is 16.6. The highest BCUT2D eigenvalue weighted by Crippen LogP contribution is 2.29. The maximum absolute atomic E-state index is 12.7. The number of hydrogen-bond donors (Lipinski definition) is 2. The molecule has 0 bridgehead atoms. The van der Waals surface area contributed by atoms with Gasteiger partial charge in [0, 0.05) is 0 Å². The number of para-hydroxylation sites is 1. The lowest BCUT2D eigenvalue weighted by Crippen LogP contribution is -2.39. The van der Waals surface area contributed by atoms with Gasteiger partial charge < -0.3 is 10.3 Å². The largest absolute Gasteiger partial charge is 0.348 e. The van der Waals surface area contributed by atoms with Gasteiger partial charge in [-0.15, -0.1) is 0 Å². The second-order valence-electron chi connectivity index (χ2n) is 7.54. The minimum Gasteiger partial charge on any atom is -0.348 e. The third-order valence-corrected chi connectivity index (χ3v) is 5.55. The Morgan fingerprint density at radius 2 is 2.00 bits per heavy atom. The van der Waals surface area contributed by atoms with Crippen LogP contribution in [0.15, 0.2) is 53.3 Å². The maximum Gasteiger partial charge on any atom is 0.258 e. The number of aromatic nitrogens is 2. The Balaban J connectivity index is 1.43. The molecule has 1 atom stereocenters. The Bertz CT molecular complexity index is 1080. The van der Waals surface area contributed by atoms with E-state index < -0.39 is 0 Å². The van der Waals surface area contributed by atoms with Crippen molar-refractivity contribution in [2.45, 2.75) is 38.8 Å². The molecule has 0 saturated carbocycles. The average molecular weight is 390 g/mol. The molecule has 2 N–H and O–H groups in total. The van der Waals surface area contributed by atoms with Gasteiger partial charge >= 0.3 is 0 Å². The van der Waals surface area contributed by atoms with Crippen molar-refractivity contribution in [3.63, 3.8) is 0 Å². The number of carbonyl (C=O) groups is 1. The highest BCUT2D eigenvalue weighted by molar-refractivity contribution is 5.79. The van der Waals surface area contributed by atoms with Crippen LogP contribution in [0.25, 0.3) is 10.9 Å². The van der Waals surface area contributed by atoms with Gasteiger partial charge in [0.2, 0.25) is 5.91 Å². The van der Waals surface area contributed by atoms with Crippen LogP contribution in [-0.4, -0.2) is 33.9 Å². The third kappa shape index (κ3) is 4.38. The van der Waals surface area contributed by atoms with Crippen molar-refractivity contribution in [3.05, 3.63) is 75.8 Å². The van der Waals surface area contributed by atoms with E-state index in [0.29, 0.717) is 29.8 Å². The molecule has 150 valence electrons. The lowest BCUT2D eigenvalue weighted by Gasteiger charge is -2.27. The van der Waals surface area contributed by atoms with Crippen LogP contribution >= 0.6 is 0 Å². The van der Waals surface area contributed by atoms with Gasteiger partial charge in [0.25, 0.3) is 5.56 Å². The molecule has 1 heterocycles. The summed E-state index contributed by atoms with van der Waals surface area (Å²) in [6.07, 6.45) is 3.13. The van der Waals surface area contributed by atoms with Crippen molar-refractivity contribution < 1.29 is 4.79 Å². The van der Waals surface area contributed by atoms with E-state index in [1.54, 1.807) is 6.07 Å². The molecule has 2 aromatic carbocycles. The zero-order chi connectivity index (χ0) is 20.2. The summed E-state index contributed by atoms with van der Waals surface area (Å²) in [7, 11) is 0. The van der Waals surface area contributed by atoms with E-state index in [2.05, 4.69) is 33.5 Å². The molecule has 6 nitrogen and oxygen atoms in total. The SMILES string of the molecule is CCN(CC(=O)N[C@H]1CCCc2ccccc21)Cc1nc2ccccc2c(=O)[nH]1. The molecule has 29 heavy (non-hydrogen) atoms. The first-order chi connectivity index (χ1) is 14.1. The molecule has 0 saturated heterocycles. The second kappa shape index (κ2) is 8.57. The molecule has 0 fully saturated rings. The van der Waals surface area contributed by atoms with Crippen LogP contribution in [0, 0.1) is 0 Å². The standard InChI is InChI=1S/C23H26N4O2/c1-2-27(14-21-24-20-12-6-5-11-18(20)23(29)26-21)15-22(28)25-19-13-7-9-16-8-3-4-10-17(16)19/h3-6,8,10-12,19H,2,7,9,13-15H2,1H3,(H,25,28)(H,24,26,29)/t19-/m0/s1. The van der Waals surface area contributed by atoms with Gasteiger partial charge in [-0.1, -0.05) is 43.3 Å². The summed E-state index contributed by atoms with van der Waals surface area (Å²) < 4.78 is 0. The molecule has 0 aliphatic heterocycles. The van der Waals surface area contributed by atoms with Crippen molar-refractivity contribution in [1.82, 2.24) is 20.2 Å². The first-order valence-electron chi connectivity index (χ1n) is 10.2. The summed E-state index contributed by atoms with van der Waals surface area (Å²) in [4.78, 5) is 34.4. The number of nitrogens with zero attached hydrogens (tertiary/aromatic N) is 2. The highest BCUT2D eigenvalue weighted by atomic mass is 16.2. The van der Waals surface area contributed by atoms with E-state index in [1.165, 1.54) is 11.1 Å². The number of amides is 1. The first-order valence-corrected chi connectivity index (χ1v) is 10.2. The number of likely N-dealkylation sites (N-methyl/N-ethyl adjacent to an activating group) is 1. The first kappa shape index (κ1) is 19.3. The van der Waals surface area contributed by atoms with E-state index in [9.17, 15) is 9.59 Å². The van der Waals surface area contributed by atoms with Crippen molar-refractivity contribution in [1.29, 1.82) is 0 Å². The smallest absolute Gasteiger partial charge is 0.258 e. The monoisotopic (exact) mass is 390 g/mol. The number of fused-ring (bicyclic) bond motifs is 2. The molecule has 4 rings (SSSR count). The fraction of sp³-hybridized carbons (Fsp3) is 0.348. The Morgan fingerprint density at radius 1 is 1.21 bits per heavy atom. The Hall–Kier alpha value is -2.99. The lowest BCUT2D eigenvalue weighted by atomic mass is 9.88. The lowest BCUT2D eigenvalue weighted by molar-refractivity contribution is -0.123. The van der Waals surface area contributed by atoms with Crippen molar-refractivity contribution >= 4 is 16.8 Å². The van der Waals surface area contributed by atoms with Crippen LogP contribution in [0.5, 0.6) is 0 Å². The van der Waals surface area contributed by atoms with Gasteiger partial charge in [0.05, 0.1) is 30.0 Å². The highest BCUT2D eigenvalue weighted by Gasteiger charge is 2.22. The fourth-order valence-corrected chi connectivity index (χ4v) is 4.05. The molecule has 1 aliphatic carbocycles. The number of carbonyl (C=O) groups excluding carboxylic acids is 1. The molecule has 0 radical (unpaired) electrons. The number of nitrogens with one attached hydrogen (secondary N) is 2. The molecule has 1 aliphatic rings. The van der Waals surface area contributed by atoms with E-state index >= 15 is 0 Å². The maximum atomic E-state index is 12.7. The molecule has 1 amide bonds. The Labute approximate surface area is 170 Å². The summed E-state index contributed by atoms with van der Waals surface area (Å²) >= 11 is 0. The summed E-state index contributed by atoms with van der Waals surface area (Å²) in [5.74, 6) is 0.572. The number of aryl methyl sites for hydroxylation is 1. The molecular formula is C23H26N4O2. The zero-order valence-electron chi connectivity index (χ0n) is 16.6. The minimum atomic E-state index is -0.148. The molecule has 6 heteroatoms. The van der Waals surface area contributed by atoms with E-state index in [4.69, 9.17) is 0 Å². The molecule has 0 unspecified atom stereocenters. The summed E-state index contributed by atoms with van der Waals surface area (Å²) in [6.45, 7) is 3.38. The van der Waals surface area contributed by atoms with Crippen molar-refractivity contribution in [2.75, 3.05) is 13.1 Å². The predicted molar refractivity (Wildman–Crippen MR) is 114 cm³/mol. The van der Waals surface area contributed by atoms with E-state index in [1.807, 2.05) is 36.1 Å². The van der Waals surface area contributed by atoms with Gasteiger partial charge in [0.15, 0.2) is 0 Å². The molecule has 0 spiro atoms. The van der Waals surface area contributed by atoms with Crippen LogP contribution in [-0.2, 0) is 17.8 Å². The third-order valence-electron chi connectivity index (χ3n) is 5.55. The van der Waals surface area contributed by atoms with Crippen molar-refractivity contribution in [3.8, 4) is 0 Å². The molecular weight excluding hydrogens is 364 g/mol. The summed E-state index contributed by atoms with van der Waals surface area (Å²) in [5, 5.41) is 3.77. The van der Waals surface area contributed by atoms with Gasteiger partial charge in [-0.25, -0.2) is 4.98 Å². The normalized spacial score (nSPS) is 16.0. The second-order valence-corrected chi connectivity index (χ2v) is 7.54. The van der Waals surface area contributed by atoms with Gasteiger partial charge in [-0.3, -0.25) is 14.5 Å². The van der Waals surface area contributed by atoms with Crippen LogP contribution in [0.1, 0.15) is 42.8 Å². The van der Waals surface area contributed by atoms with Crippen molar-refractivity contribution in [2.24, 2.45) is 0 Å². The van der Waals surface area contributed by atoms with Gasteiger partial charge in [-0.05, 0) is 49.1 Å². The van der Waals surface area contributed by atoms with Crippen LogP contribution < -0.4 is 10.9 Å². The summed E-state index contributed by atoms with van der Waals surface area (Å²) in [6, 6.07) is 15.7. The number of hydrogen-bond acceptors (Lipinski definition) is 4. The minimum absolute atomic E-state index is 0.00307. The number of H-pyrrole nitrogens is 1. The average Bonchev–Trinajstić information content (AvgIpc) is 2.73. The number of aromatic amines is 1. The topological polar surface area (TPSA) is 78.1 Å². The summed E-state index contributed by atoms with van der Waals surface area (Å²) in [5.41, 5.74) is 3.08. The Morgan fingerprint density at radius 3 is 2.86 bits per heavy atom. The predicted octanol–water partition coefficient (Wildman–Crippen LogP) is 2.94. The van der Waals surface area contributed by atoms with Crippen LogP contribution in [0.2, 0.25) is 0 Å². The van der Waals surface area contributed by atoms with Crippen LogP contribution in [0.3, 0.4) is 0 Å². The number of benzene rings is 2. The van der Waals surface area contributed by atoms with E-state index in [0.717, 1.165) is 19.3 Å². The van der Waals surface area contributed by atoms with E-state index in [-0.39, 0.29) is 24.1 Å². The van der Waals surface area contributed by atoms with Gasteiger partial charge in [-0.2, -0.15) is 0 Å². The molecule has 3 aromatic rings. The number of rotatable bonds is 6. The quantitative estimate of drug-likeness (QED) is 0.678. The Kier molecular flexibility index (Phi) is 5.71. The van der Waals surface area contributed by atoms with Crippen LogP contribution in [0.4, 0.5) is 0 Å². The fourth-order valence-electron chi connectivity index (χ4n) is 4.05. The van der Waals surface area contributed by atoms with Gasteiger partial charge in [0.1, 0.15) is 5.82 Å².